The number of hydrogen-bond acceptors (Lipinski definition) is 5. The van der Waals surface area contributed by atoms with Gasteiger partial charge in [0, 0.05) is 27.6 Å². The van der Waals surface area contributed by atoms with Gasteiger partial charge in [-0.25, -0.2) is 4.99 Å². The van der Waals surface area contributed by atoms with Crippen molar-refractivity contribution < 1.29 is 4.79 Å². The van der Waals surface area contributed by atoms with E-state index in [2.05, 4.69) is 61.0 Å². The Morgan fingerprint density at radius 2 is 1.77 bits per heavy atom. The van der Waals surface area contributed by atoms with E-state index in [1.54, 1.807) is 4.57 Å². The first-order valence-electron chi connectivity index (χ1n) is 13.0. The second-order valence-corrected chi connectivity index (χ2v) is 11.9. The van der Waals surface area contributed by atoms with Crippen LogP contribution in [0.15, 0.2) is 99.2 Å². The average Bonchev–Trinajstić information content (AvgIpc) is 3.63. The number of thiazole rings is 1. The molecule has 4 heterocycles. The topological polar surface area (TPSA) is 68.4 Å². The number of amides is 1. The van der Waals surface area contributed by atoms with Crippen LogP contribution < -0.4 is 20.2 Å². The summed E-state index contributed by atoms with van der Waals surface area (Å²) in [6.45, 7) is 8.07. The van der Waals surface area contributed by atoms with E-state index in [0.29, 0.717) is 26.3 Å². The summed E-state index contributed by atoms with van der Waals surface area (Å²) in [4.78, 5) is 33.9. The highest BCUT2D eigenvalue weighted by molar-refractivity contribution is 7.10. The van der Waals surface area contributed by atoms with Crippen molar-refractivity contribution in [3.8, 4) is 5.69 Å². The van der Waals surface area contributed by atoms with Crippen LogP contribution >= 0.6 is 22.7 Å². The summed E-state index contributed by atoms with van der Waals surface area (Å²) in [5.41, 5.74) is 7.04. The molecule has 6 nitrogen and oxygen atoms in total. The second-order valence-electron chi connectivity index (χ2n) is 9.92. The summed E-state index contributed by atoms with van der Waals surface area (Å²) < 4.78 is 4.47. The van der Waals surface area contributed by atoms with Crippen LogP contribution in [0.1, 0.15) is 40.4 Å². The molecule has 0 saturated carbocycles. The fourth-order valence-corrected chi connectivity index (χ4v) is 7.15. The van der Waals surface area contributed by atoms with Gasteiger partial charge in [-0.1, -0.05) is 47.7 Å². The molecule has 0 radical (unpaired) electrons. The Bertz CT molecular complexity index is 1960. The molecular weight excluding hydrogens is 537 g/mol. The van der Waals surface area contributed by atoms with E-state index >= 15 is 0 Å². The SMILES string of the molecule is CC1=C(C(=O)Nc2ccccc2)[C@@H](c2cccs2)n2c(s/c(=C/c3cc(C)n(-c4cccc(C)c4)c3C)c2=O)=N1. The number of rotatable bonds is 5. The van der Waals surface area contributed by atoms with Gasteiger partial charge in [-0.05, 0) is 86.7 Å². The molecule has 0 aliphatic carbocycles. The average molecular weight is 565 g/mol. The van der Waals surface area contributed by atoms with Gasteiger partial charge in [0.1, 0.15) is 6.04 Å². The van der Waals surface area contributed by atoms with Gasteiger partial charge in [-0.3, -0.25) is 14.2 Å². The fraction of sp³-hybridized carbons (Fsp3) is 0.156. The number of fused-ring (bicyclic) bond motifs is 1. The number of benzene rings is 2. The van der Waals surface area contributed by atoms with Crippen LogP contribution in [0.2, 0.25) is 0 Å². The molecule has 0 bridgehead atoms. The maximum Gasteiger partial charge on any atom is 0.271 e. The van der Waals surface area contributed by atoms with E-state index in [-0.39, 0.29) is 11.5 Å². The first kappa shape index (κ1) is 26.0. The summed E-state index contributed by atoms with van der Waals surface area (Å²) in [7, 11) is 0. The molecule has 0 unspecified atom stereocenters. The van der Waals surface area contributed by atoms with E-state index in [9.17, 15) is 9.59 Å². The Morgan fingerprint density at radius 3 is 2.50 bits per heavy atom. The van der Waals surface area contributed by atoms with Crippen molar-refractivity contribution in [1.82, 2.24) is 9.13 Å². The molecule has 3 aromatic heterocycles. The van der Waals surface area contributed by atoms with Gasteiger partial charge in [0.05, 0.1) is 15.8 Å². The van der Waals surface area contributed by atoms with E-state index in [4.69, 9.17) is 4.99 Å². The summed E-state index contributed by atoms with van der Waals surface area (Å²) in [5.74, 6) is -0.262. The number of anilines is 1. The number of nitrogens with zero attached hydrogens (tertiary/aromatic N) is 3. The van der Waals surface area contributed by atoms with Crippen LogP contribution in [0.4, 0.5) is 5.69 Å². The lowest BCUT2D eigenvalue weighted by Gasteiger charge is -2.24. The first-order valence-corrected chi connectivity index (χ1v) is 14.7. The zero-order valence-corrected chi connectivity index (χ0v) is 24.3. The first-order chi connectivity index (χ1) is 19.3. The van der Waals surface area contributed by atoms with Crippen LogP contribution in [0.3, 0.4) is 0 Å². The maximum atomic E-state index is 14.0. The number of aryl methyl sites for hydroxylation is 2. The molecule has 5 aromatic rings. The Balaban J connectivity index is 1.47. The molecule has 0 saturated heterocycles. The lowest BCUT2D eigenvalue weighted by atomic mass is 10.0. The quantitative estimate of drug-likeness (QED) is 0.300. The van der Waals surface area contributed by atoms with Crippen molar-refractivity contribution in [2.24, 2.45) is 4.99 Å². The number of carbonyl (C=O) groups excluding carboxylic acids is 1. The Hall–Kier alpha value is -4.27. The monoisotopic (exact) mass is 564 g/mol. The van der Waals surface area contributed by atoms with Crippen molar-refractivity contribution in [3.05, 3.63) is 137 Å². The number of nitrogens with one attached hydrogen (secondary N) is 1. The van der Waals surface area contributed by atoms with Crippen molar-refractivity contribution in [2.45, 2.75) is 33.7 Å². The number of carbonyl (C=O) groups is 1. The van der Waals surface area contributed by atoms with Crippen LogP contribution in [0.5, 0.6) is 0 Å². The Kier molecular flexibility index (Phi) is 6.73. The van der Waals surface area contributed by atoms with Crippen LogP contribution in [-0.2, 0) is 4.79 Å². The van der Waals surface area contributed by atoms with Gasteiger partial charge in [-0.2, -0.15) is 0 Å². The minimum absolute atomic E-state index is 0.153. The minimum atomic E-state index is -0.554. The van der Waals surface area contributed by atoms with E-state index in [1.807, 2.05) is 60.8 Å². The van der Waals surface area contributed by atoms with Crippen LogP contribution in [-0.4, -0.2) is 15.0 Å². The van der Waals surface area contributed by atoms with Crippen LogP contribution in [0.25, 0.3) is 11.8 Å². The lowest BCUT2D eigenvalue weighted by Crippen LogP contribution is -2.40. The van der Waals surface area contributed by atoms with Crippen molar-refractivity contribution in [2.75, 3.05) is 5.32 Å². The third kappa shape index (κ3) is 4.59. The molecule has 1 aliphatic heterocycles. The van der Waals surface area contributed by atoms with E-state index in [0.717, 1.165) is 27.5 Å². The van der Waals surface area contributed by atoms with Gasteiger partial charge < -0.3 is 9.88 Å². The predicted octanol–water partition coefficient (Wildman–Crippen LogP) is 5.65. The molecule has 1 N–H and O–H groups in total. The third-order valence-electron chi connectivity index (χ3n) is 7.13. The van der Waals surface area contributed by atoms with Gasteiger partial charge in [0.25, 0.3) is 11.5 Å². The molecule has 200 valence electrons. The van der Waals surface area contributed by atoms with Crippen molar-refractivity contribution in [1.29, 1.82) is 0 Å². The molecule has 1 amide bonds. The van der Waals surface area contributed by atoms with E-state index < -0.39 is 6.04 Å². The minimum Gasteiger partial charge on any atom is -0.322 e. The van der Waals surface area contributed by atoms with Crippen LogP contribution in [0, 0.1) is 20.8 Å². The molecule has 8 heteroatoms. The lowest BCUT2D eigenvalue weighted by molar-refractivity contribution is -0.113. The number of thiophene rings is 1. The molecule has 0 fully saturated rings. The highest BCUT2D eigenvalue weighted by Gasteiger charge is 2.33. The predicted molar refractivity (Wildman–Crippen MR) is 163 cm³/mol. The standard InChI is InChI=1S/C32H28N4O2S2/c1-19-10-8-13-25(16-19)35-20(2)17-23(22(35)4)18-27-31(38)36-29(26-14-9-15-39-26)28(21(3)33-32(36)40-27)30(37)34-24-11-6-5-7-12-24/h5-18,29H,1-4H3,(H,34,37)/b27-18+/t29-/m1/s1. The zero-order valence-electron chi connectivity index (χ0n) is 22.6. The van der Waals surface area contributed by atoms with Gasteiger partial charge in [0.15, 0.2) is 4.80 Å². The molecule has 1 aliphatic rings. The second kappa shape index (κ2) is 10.4. The number of allylic oxidation sites excluding steroid dienone is 1. The fourth-order valence-electron chi connectivity index (χ4n) is 5.29. The molecule has 40 heavy (non-hydrogen) atoms. The van der Waals surface area contributed by atoms with Crippen molar-refractivity contribution >= 4 is 40.3 Å². The molecule has 1 atom stereocenters. The molecular formula is C32H28N4O2S2. The summed E-state index contributed by atoms with van der Waals surface area (Å²) in [6, 6.07) is 23.2. The smallest absolute Gasteiger partial charge is 0.271 e. The third-order valence-corrected chi connectivity index (χ3v) is 9.04. The maximum absolute atomic E-state index is 14.0. The Morgan fingerprint density at radius 1 is 0.975 bits per heavy atom. The largest absolute Gasteiger partial charge is 0.322 e. The van der Waals surface area contributed by atoms with E-state index in [1.165, 1.54) is 28.2 Å². The Labute approximate surface area is 239 Å². The number of hydrogen-bond donors (Lipinski definition) is 1. The summed E-state index contributed by atoms with van der Waals surface area (Å²) >= 11 is 2.89. The molecule has 2 aromatic carbocycles. The summed E-state index contributed by atoms with van der Waals surface area (Å²) in [6.07, 6.45) is 1.95. The number of para-hydroxylation sites is 1. The number of aromatic nitrogens is 2. The highest BCUT2D eigenvalue weighted by atomic mass is 32.1. The van der Waals surface area contributed by atoms with Gasteiger partial charge in [0.2, 0.25) is 0 Å². The van der Waals surface area contributed by atoms with Gasteiger partial charge in [-0.15, -0.1) is 11.3 Å². The zero-order chi connectivity index (χ0) is 28.0. The molecule has 0 spiro atoms. The van der Waals surface area contributed by atoms with Gasteiger partial charge >= 0.3 is 0 Å². The molecule has 6 rings (SSSR count). The highest BCUT2D eigenvalue weighted by Crippen LogP contribution is 2.33. The normalized spacial score (nSPS) is 15.2. The summed E-state index contributed by atoms with van der Waals surface area (Å²) in [5, 5.41) is 4.96. The van der Waals surface area contributed by atoms with Crippen molar-refractivity contribution in [3.63, 3.8) is 0 Å².